The van der Waals surface area contributed by atoms with Gasteiger partial charge in [0, 0.05) is 16.6 Å². The second kappa shape index (κ2) is 8.06. The first-order valence-corrected chi connectivity index (χ1v) is 7.79. The Kier molecular flexibility index (Phi) is 6.10. The molecule has 0 aliphatic rings. The van der Waals surface area contributed by atoms with E-state index in [0.29, 0.717) is 28.8 Å². The van der Waals surface area contributed by atoms with Crippen LogP contribution in [0.3, 0.4) is 0 Å². The third-order valence-corrected chi connectivity index (χ3v) is 3.79. The van der Waals surface area contributed by atoms with Crippen molar-refractivity contribution in [2.24, 2.45) is 0 Å². The van der Waals surface area contributed by atoms with Gasteiger partial charge in [0.05, 0.1) is 0 Å². The van der Waals surface area contributed by atoms with Gasteiger partial charge in [-0.2, -0.15) is 0 Å². The van der Waals surface area contributed by atoms with Crippen LogP contribution in [0.15, 0.2) is 48.5 Å². The van der Waals surface area contributed by atoms with E-state index in [2.05, 4.69) is 5.32 Å². The molecule has 1 N–H and O–H groups in total. The lowest BCUT2D eigenvalue weighted by Crippen LogP contribution is -2.37. The predicted octanol–water partition coefficient (Wildman–Crippen LogP) is 4.47. The van der Waals surface area contributed by atoms with Crippen LogP contribution in [0.5, 0.6) is 5.75 Å². The average molecular weight is 338 g/mol. The summed E-state index contributed by atoms with van der Waals surface area (Å²) in [5.74, 6) is 0.446. The summed E-state index contributed by atoms with van der Waals surface area (Å²) >= 11 is 11.9. The van der Waals surface area contributed by atoms with Crippen LogP contribution in [0.25, 0.3) is 0 Å². The van der Waals surface area contributed by atoms with Gasteiger partial charge < -0.3 is 10.1 Å². The van der Waals surface area contributed by atoms with E-state index in [0.717, 1.165) is 5.56 Å². The molecule has 0 bridgehead atoms. The van der Waals surface area contributed by atoms with Gasteiger partial charge in [0.1, 0.15) is 5.75 Å². The van der Waals surface area contributed by atoms with Gasteiger partial charge in [0.15, 0.2) is 6.10 Å². The summed E-state index contributed by atoms with van der Waals surface area (Å²) in [5, 5.41) is 4.11. The zero-order valence-electron chi connectivity index (χ0n) is 12.2. The molecule has 22 heavy (non-hydrogen) atoms. The predicted molar refractivity (Wildman–Crippen MR) is 89.5 cm³/mol. The van der Waals surface area contributed by atoms with Crippen molar-refractivity contribution in [3.05, 3.63) is 64.1 Å². The van der Waals surface area contributed by atoms with Gasteiger partial charge in [-0.25, -0.2) is 0 Å². The van der Waals surface area contributed by atoms with Crippen LogP contribution >= 0.6 is 23.2 Å². The molecule has 0 saturated heterocycles. The van der Waals surface area contributed by atoms with Gasteiger partial charge in [-0.15, -0.1) is 0 Å². The molecule has 0 fully saturated rings. The van der Waals surface area contributed by atoms with Crippen molar-refractivity contribution in [3.8, 4) is 5.75 Å². The summed E-state index contributed by atoms with van der Waals surface area (Å²) in [6, 6.07) is 14.4. The smallest absolute Gasteiger partial charge is 0.261 e. The SMILES string of the molecule is CC[C@H](Oc1ccc(Cl)cc1)C(=O)NCc1ccccc1Cl. The minimum Gasteiger partial charge on any atom is -0.481 e. The van der Waals surface area contributed by atoms with Crippen LogP contribution in [-0.4, -0.2) is 12.0 Å². The minimum absolute atomic E-state index is 0.169. The summed E-state index contributed by atoms with van der Waals surface area (Å²) in [6.45, 7) is 2.27. The van der Waals surface area contributed by atoms with Gasteiger partial charge >= 0.3 is 0 Å². The van der Waals surface area contributed by atoms with Crippen LogP contribution in [0, 0.1) is 0 Å². The van der Waals surface area contributed by atoms with Crippen LogP contribution in [-0.2, 0) is 11.3 Å². The number of amides is 1. The van der Waals surface area contributed by atoms with Gasteiger partial charge in [0.25, 0.3) is 5.91 Å². The summed E-state index contributed by atoms with van der Waals surface area (Å²) < 4.78 is 5.70. The van der Waals surface area contributed by atoms with E-state index in [1.807, 2.05) is 25.1 Å². The summed E-state index contributed by atoms with van der Waals surface area (Å²) in [6.07, 6.45) is 0.0143. The van der Waals surface area contributed by atoms with Gasteiger partial charge in [-0.05, 0) is 42.3 Å². The zero-order valence-corrected chi connectivity index (χ0v) is 13.7. The zero-order chi connectivity index (χ0) is 15.9. The Labute approximate surface area is 140 Å². The maximum absolute atomic E-state index is 12.2. The topological polar surface area (TPSA) is 38.3 Å². The molecule has 2 aromatic rings. The van der Waals surface area contributed by atoms with Crippen molar-refractivity contribution in [1.82, 2.24) is 5.32 Å². The fourth-order valence-corrected chi connectivity index (χ4v) is 2.27. The number of ether oxygens (including phenoxy) is 1. The van der Waals surface area contributed by atoms with E-state index in [9.17, 15) is 4.79 Å². The fraction of sp³-hybridized carbons (Fsp3) is 0.235. The number of benzene rings is 2. The fourth-order valence-electron chi connectivity index (χ4n) is 1.94. The molecule has 2 aromatic carbocycles. The molecule has 0 saturated carbocycles. The van der Waals surface area contributed by atoms with Crippen molar-refractivity contribution in [2.45, 2.75) is 26.0 Å². The largest absolute Gasteiger partial charge is 0.481 e. The highest BCUT2D eigenvalue weighted by molar-refractivity contribution is 6.31. The van der Waals surface area contributed by atoms with E-state index >= 15 is 0 Å². The number of carbonyl (C=O) groups excluding carboxylic acids is 1. The Bertz CT molecular complexity index is 629. The Morgan fingerprint density at radius 2 is 1.82 bits per heavy atom. The molecular weight excluding hydrogens is 321 g/mol. The number of nitrogens with one attached hydrogen (secondary N) is 1. The molecule has 1 amide bonds. The normalized spacial score (nSPS) is 11.8. The van der Waals surface area contributed by atoms with Crippen molar-refractivity contribution in [3.63, 3.8) is 0 Å². The summed E-state index contributed by atoms with van der Waals surface area (Å²) in [4.78, 5) is 12.2. The molecule has 0 aliphatic heterocycles. The Morgan fingerprint density at radius 3 is 2.45 bits per heavy atom. The molecule has 0 aliphatic carbocycles. The van der Waals surface area contributed by atoms with Crippen LogP contribution in [0.1, 0.15) is 18.9 Å². The Hall–Kier alpha value is -1.71. The molecule has 0 aromatic heterocycles. The molecule has 0 radical (unpaired) electrons. The summed E-state index contributed by atoms with van der Waals surface area (Å²) in [7, 11) is 0. The first-order valence-electron chi connectivity index (χ1n) is 7.03. The second-order valence-corrected chi connectivity index (χ2v) is 5.62. The molecule has 1 atom stereocenters. The monoisotopic (exact) mass is 337 g/mol. The van der Waals surface area contributed by atoms with Crippen LogP contribution < -0.4 is 10.1 Å². The number of hydrogen-bond acceptors (Lipinski definition) is 2. The maximum Gasteiger partial charge on any atom is 0.261 e. The van der Waals surface area contributed by atoms with Crippen molar-refractivity contribution < 1.29 is 9.53 Å². The van der Waals surface area contributed by atoms with Crippen molar-refractivity contribution in [2.75, 3.05) is 0 Å². The number of carbonyl (C=O) groups is 1. The number of halogens is 2. The molecule has 2 rings (SSSR count). The standard InChI is InChI=1S/C17H17Cl2NO2/c1-2-16(22-14-9-7-13(18)8-10-14)17(21)20-11-12-5-3-4-6-15(12)19/h3-10,16H,2,11H2,1H3,(H,20,21)/t16-/m0/s1. The number of hydrogen-bond donors (Lipinski definition) is 1. The highest BCUT2D eigenvalue weighted by atomic mass is 35.5. The van der Waals surface area contributed by atoms with Crippen LogP contribution in [0.4, 0.5) is 0 Å². The highest BCUT2D eigenvalue weighted by Gasteiger charge is 2.18. The third-order valence-electron chi connectivity index (χ3n) is 3.17. The molecule has 0 heterocycles. The van der Waals surface area contributed by atoms with Gasteiger partial charge in [0.2, 0.25) is 0 Å². The first kappa shape index (κ1) is 16.7. The second-order valence-electron chi connectivity index (χ2n) is 4.78. The quantitative estimate of drug-likeness (QED) is 0.844. The lowest BCUT2D eigenvalue weighted by Gasteiger charge is -2.17. The van der Waals surface area contributed by atoms with Crippen molar-refractivity contribution in [1.29, 1.82) is 0 Å². The lowest BCUT2D eigenvalue weighted by atomic mass is 10.2. The van der Waals surface area contributed by atoms with E-state index < -0.39 is 6.10 Å². The van der Waals surface area contributed by atoms with Gasteiger partial charge in [-0.3, -0.25) is 4.79 Å². The minimum atomic E-state index is -0.552. The van der Waals surface area contributed by atoms with E-state index in [1.165, 1.54) is 0 Å². The molecule has 0 spiro atoms. The molecule has 0 unspecified atom stereocenters. The molecular formula is C17H17Cl2NO2. The van der Waals surface area contributed by atoms with E-state index in [-0.39, 0.29) is 5.91 Å². The third kappa shape index (κ3) is 4.65. The molecule has 116 valence electrons. The molecule has 5 heteroatoms. The Morgan fingerprint density at radius 1 is 1.14 bits per heavy atom. The average Bonchev–Trinajstić information content (AvgIpc) is 2.53. The highest BCUT2D eigenvalue weighted by Crippen LogP contribution is 2.18. The summed E-state index contributed by atoms with van der Waals surface area (Å²) in [5.41, 5.74) is 0.874. The van der Waals surface area contributed by atoms with Crippen LogP contribution in [0.2, 0.25) is 10.0 Å². The van der Waals surface area contributed by atoms with E-state index in [4.69, 9.17) is 27.9 Å². The van der Waals surface area contributed by atoms with E-state index in [1.54, 1.807) is 30.3 Å². The molecule has 3 nitrogen and oxygen atoms in total. The Balaban J connectivity index is 1.94. The number of rotatable bonds is 6. The van der Waals surface area contributed by atoms with Gasteiger partial charge in [-0.1, -0.05) is 48.3 Å². The first-order chi connectivity index (χ1) is 10.6. The maximum atomic E-state index is 12.2. The van der Waals surface area contributed by atoms with Crippen molar-refractivity contribution >= 4 is 29.1 Å². The lowest BCUT2D eigenvalue weighted by molar-refractivity contribution is -0.128.